The highest BCUT2D eigenvalue weighted by atomic mass is 32.1. The van der Waals surface area contributed by atoms with Gasteiger partial charge in [0.25, 0.3) is 0 Å². The molecule has 1 aromatic rings. The SMILES string of the molecule is CC/C=C(\C(COCCO)=NC)c1csc(N)n1. The number of nitrogens with zero attached hydrogens (tertiary/aromatic N) is 2. The minimum atomic E-state index is 0.00741. The van der Waals surface area contributed by atoms with Crippen LogP contribution >= 0.6 is 11.3 Å². The first kappa shape index (κ1) is 14.8. The second-order valence-corrected chi connectivity index (χ2v) is 4.43. The average Bonchev–Trinajstić information content (AvgIpc) is 2.79. The maximum absolute atomic E-state index is 8.71. The molecule has 6 heteroatoms. The van der Waals surface area contributed by atoms with Gasteiger partial charge in [0.1, 0.15) is 0 Å². The van der Waals surface area contributed by atoms with E-state index >= 15 is 0 Å². The number of thiazole rings is 1. The van der Waals surface area contributed by atoms with E-state index < -0.39 is 0 Å². The van der Waals surface area contributed by atoms with E-state index in [9.17, 15) is 0 Å². The lowest BCUT2D eigenvalue weighted by Crippen LogP contribution is -2.13. The third kappa shape index (κ3) is 4.21. The molecule has 1 heterocycles. The molecule has 0 fully saturated rings. The highest BCUT2D eigenvalue weighted by Crippen LogP contribution is 2.21. The van der Waals surface area contributed by atoms with Crippen molar-refractivity contribution in [2.24, 2.45) is 4.99 Å². The quantitative estimate of drug-likeness (QED) is 0.582. The molecule has 0 unspecified atom stereocenters. The smallest absolute Gasteiger partial charge is 0.180 e. The van der Waals surface area contributed by atoms with E-state index in [1.807, 2.05) is 5.38 Å². The third-order valence-corrected chi connectivity index (χ3v) is 2.94. The Morgan fingerprint density at radius 2 is 2.44 bits per heavy atom. The summed E-state index contributed by atoms with van der Waals surface area (Å²) >= 11 is 1.40. The van der Waals surface area contributed by atoms with Gasteiger partial charge in [0.15, 0.2) is 5.13 Å². The largest absolute Gasteiger partial charge is 0.394 e. The van der Waals surface area contributed by atoms with Gasteiger partial charge in [-0.1, -0.05) is 13.0 Å². The summed E-state index contributed by atoms with van der Waals surface area (Å²) < 4.78 is 5.31. The van der Waals surface area contributed by atoms with Gasteiger partial charge in [-0.2, -0.15) is 0 Å². The molecule has 3 N–H and O–H groups in total. The fourth-order valence-corrected chi connectivity index (χ4v) is 2.04. The van der Waals surface area contributed by atoms with Gasteiger partial charge in [-0.05, 0) is 6.42 Å². The van der Waals surface area contributed by atoms with Gasteiger partial charge in [0.05, 0.1) is 31.2 Å². The molecule has 0 aliphatic carbocycles. The van der Waals surface area contributed by atoms with E-state index in [2.05, 4.69) is 23.0 Å². The molecule has 18 heavy (non-hydrogen) atoms. The van der Waals surface area contributed by atoms with Gasteiger partial charge >= 0.3 is 0 Å². The Hall–Kier alpha value is -1.24. The summed E-state index contributed by atoms with van der Waals surface area (Å²) in [4.78, 5) is 8.50. The molecule has 1 aromatic heterocycles. The van der Waals surface area contributed by atoms with Crippen LogP contribution in [0.15, 0.2) is 16.4 Å². The zero-order valence-electron chi connectivity index (χ0n) is 10.7. The van der Waals surface area contributed by atoms with Crippen molar-refractivity contribution in [3.63, 3.8) is 0 Å². The molecule has 0 saturated heterocycles. The summed E-state index contributed by atoms with van der Waals surface area (Å²) in [6.45, 7) is 2.73. The Labute approximate surface area is 111 Å². The number of aliphatic hydroxyl groups is 1. The van der Waals surface area contributed by atoms with Crippen LogP contribution in [0.2, 0.25) is 0 Å². The molecule has 1 rings (SSSR count). The number of hydrogen-bond acceptors (Lipinski definition) is 6. The summed E-state index contributed by atoms with van der Waals surface area (Å²) in [7, 11) is 1.72. The van der Waals surface area contributed by atoms with Crippen LogP contribution in [0.25, 0.3) is 5.57 Å². The van der Waals surface area contributed by atoms with E-state index in [1.165, 1.54) is 11.3 Å². The van der Waals surface area contributed by atoms with Crippen LogP contribution in [0.5, 0.6) is 0 Å². The molecular formula is C12H19N3O2S. The number of hydrogen-bond donors (Lipinski definition) is 2. The van der Waals surface area contributed by atoms with E-state index in [0.29, 0.717) is 18.3 Å². The van der Waals surface area contributed by atoms with Crippen molar-refractivity contribution in [1.29, 1.82) is 0 Å². The summed E-state index contributed by atoms with van der Waals surface area (Å²) in [6.07, 6.45) is 2.94. The standard InChI is InChI=1S/C12H19N3O2S/c1-3-4-9(11-8-18-12(13)15-11)10(14-2)7-17-6-5-16/h4,8,16H,3,5-7H2,1-2H3,(H2,13,15)/b9-4+,14-10?. The predicted molar refractivity (Wildman–Crippen MR) is 76.1 cm³/mol. The van der Waals surface area contributed by atoms with Crippen molar-refractivity contribution in [3.05, 3.63) is 17.2 Å². The van der Waals surface area contributed by atoms with Gasteiger partial charge in [0.2, 0.25) is 0 Å². The Morgan fingerprint density at radius 3 is 2.94 bits per heavy atom. The molecule has 5 nitrogen and oxygen atoms in total. The van der Waals surface area contributed by atoms with Crippen molar-refractivity contribution in [3.8, 4) is 0 Å². The summed E-state index contributed by atoms with van der Waals surface area (Å²) in [5.41, 5.74) is 8.24. The van der Waals surface area contributed by atoms with Gasteiger partial charge in [-0.3, -0.25) is 4.99 Å². The fraction of sp³-hybridized carbons (Fsp3) is 0.500. The number of aromatic nitrogens is 1. The molecular weight excluding hydrogens is 250 g/mol. The lowest BCUT2D eigenvalue weighted by Gasteiger charge is -2.09. The number of nitrogens with two attached hydrogens (primary N) is 1. The first-order chi connectivity index (χ1) is 8.72. The lowest BCUT2D eigenvalue weighted by atomic mass is 10.1. The number of rotatable bonds is 7. The van der Waals surface area contributed by atoms with Gasteiger partial charge in [-0.15, -0.1) is 11.3 Å². The maximum Gasteiger partial charge on any atom is 0.180 e. The minimum absolute atomic E-state index is 0.00741. The Bertz CT molecular complexity index is 427. The first-order valence-electron chi connectivity index (χ1n) is 5.79. The number of anilines is 1. The number of nitrogen functional groups attached to an aromatic ring is 1. The van der Waals surface area contributed by atoms with Gasteiger partial charge < -0.3 is 15.6 Å². The molecule has 0 aliphatic rings. The summed E-state index contributed by atoms with van der Waals surface area (Å²) in [5.74, 6) is 0. The number of aliphatic imine (C=N–C) groups is 1. The molecule has 0 spiro atoms. The molecule has 0 saturated carbocycles. The Balaban J connectivity index is 2.87. The van der Waals surface area contributed by atoms with Gasteiger partial charge in [-0.25, -0.2) is 4.98 Å². The molecule has 0 atom stereocenters. The molecule has 100 valence electrons. The molecule has 0 radical (unpaired) electrons. The molecule has 0 aromatic carbocycles. The monoisotopic (exact) mass is 269 g/mol. The van der Waals surface area contributed by atoms with Crippen LogP contribution in [0.4, 0.5) is 5.13 Å². The minimum Gasteiger partial charge on any atom is -0.394 e. The van der Waals surface area contributed by atoms with Crippen molar-refractivity contribution in [2.75, 3.05) is 32.6 Å². The predicted octanol–water partition coefficient (Wildman–Crippen LogP) is 1.60. The van der Waals surface area contributed by atoms with Crippen LogP contribution in [0.3, 0.4) is 0 Å². The lowest BCUT2D eigenvalue weighted by molar-refractivity contribution is 0.119. The van der Waals surface area contributed by atoms with Crippen molar-refractivity contribution >= 4 is 27.8 Å². The maximum atomic E-state index is 8.71. The van der Waals surface area contributed by atoms with E-state index in [0.717, 1.165) is 23.4 Å². The van der Waals surface area contributed by atoms with E-state index in [-0.39, 0.29) is 6.61 Å². The highest BCUT2D eigenvalue weighted by Gasteiger charge is 2.12. The van der Waals surface area contributed by atoms with Crippen LogP contribution in [0, 0.1) is 0 Å². The second-order valence-electron chi connectivity index (χ2n) is 3.54. The average molecular weight is 269 g/mol. The Kier molecular flexibility index (Phi) is 6.56. The summed E-state index contributed by atoms with van der Waals surface area (Å²) in [6, 6.07) is 0. The zero-order valence-corrected chi connectivity index (χ0v) is 11.5. The van der Waals surface area contributed by atoms with Crippen LogP contribution in [-0.4, -0.2) is 42.7 Å². The topological polar surface area (TPSA) is 80.7 Å². The first-order valence-corrected chi connectivity index (χ1v) is 6.67. The number of ether oxygens (including phenoxy) is 1. The number of allylic oxidation sites excluding steroid dienone is 1. The zero-order chi connectivity index (χ0) is 13.4. The van der Waals surface area contributed by atoms with Crippen molar-refractivity contribution < 1.29 is 9.84 Å². The van der Waals surface area contributed by atoms with Crippen LogP contribution in [0.1, 0.15) is 19.0 Å². The third-order valence-electron chi connectivity index (χ3n) is 2.26. The van der Waals surface area contributed by atoms with Crippen molar-refractivity contribution in [1.82, 2.24) is 4.98 Å². The normalized spacial score (nSPS) is 13.1. The van der Waals surface area contributed by atoms with Crippen LogP contribution < -0.4 is 5.73 Å². The molecule has 0 amide bonds. The molecule has 0 aliphatic heterocycles. The van der Waals surface area contributed by atoms with Crippen molar-refractivity contribution in [2.45, 2.75) is 13.3 Å². The molecule has 0 bridgehead atoms. The van der Waals surface area contributed by atoms with Crippen LogP contribution in [-0.2, 0) is 4.74 Å². The highest BCUT2D eigenvalue weighted by molar-refractivity contribution is 7.13. The Morgan fingerprint density at radius 1 is 1.67 bits per heavy atom. The fourth-order valence-electron chi connectivity index (χ4n) is 1.48. The summed E-state index contributed by atoms with van der Waals surface area (Å²) in [5, 5.41) is 11.2. The number of aliphatic hydroxyl groups excluding tert-OH is 1. The second kappa shape index (κ2) is 7.97. The van der Waals surface area contributed by atoms with E-state index in [4.69, 9.17) is 15.6 Å². The van der Waals surface area contributed by atoms with Gasteiger partial charge in [0, 0.05) is 18.0 Å². The van der Waals surface area contributed by atoms with E-state index in [1.54, 1.807) is 7.05 Å².